The van der Waals surface area contributed by atoms with Crippen LogP contribution in [0, 0.1) is 5.92 Å². The zero-order valence-electron chi connectivity index (χ0n) is 12.1. The lowest BCUT2D eigenvalue weighted by atomic mass is 9.94. The SMILES string of the molecule is CSc1ccc(C(=O)NCC(C)(O)CC(C)C)cc1. The van der Waals surface area contributed by atoms with Gasteiger partial charge in [-0.2, -0.15) is 0 Å². The Morgan fingerprint density at radius 2 is 1.95 bits per heavy atom. The van der Waals surface area contributed by atoms with E-state index in [4.69, 9.17) is 0 Å². The minimum absolute atomic E-state index is 0.142. The zero-order chi connectivity index (χ0) is 14.5. The zero-order valence-corrected chi connectivity index (χ0v) is 12.9. The van der Waals surface area contributed by atoms with Crippen molar-refractivity contribution in [3.8, 4) is 0 Å². The summed E-state index contributed by atoms with van der Waals surface area (Å²) in [5, 5.41) is 12.9. The van der Waals surface area contributed by atoms with Crippen molar-refractivity contribution in [1.29, 1.82) is 0 Å². The molecule has 1 unspecified atom stereocenters. The van der Waals surface area contributed by atoms with Gasteiger partial charge in [-0.3, -0.25) is 4.79 Å². The van der Waals surface area contributed by atoms with E-state index in [9.17, 15) is 9.90 Å². The van der Waals surface area contributed by atoms with Crippen LogP contribution in [0.25, 0.3) is 0 Å². The molecule has 0 spiro atoms. The molecule has 0 fully saturated rings. The average molecular weight is 281 g/mol. The van der Waals surface area contributed by atoms with Crippen LogP contribution >= 0.6 is 11.8 Å². The number of carbonyl (C=O) groups excluding carboxylic acids is 1. The van der Waals surface area contributed by atoms with Gasteiger partial charge in [0.25, 0.3) is 5.91 Å². The first-order valence-corrected chi connectivity index (χ1v) is 7.71. The molecule has 0 aliphatic carbocycles. The second-order valence-corrected chi connectivity index (χ2v) is 6.39. The second-order valence-electron chi connectivity index (χ2n) is 5.51. The van der Waals surface area contributed by atoms with E-state index in [1.807, 2.05) is 18.4 Å². The van der Waals surface area contributed by atoms with Crippen LogP contribution in [-0.2, 0) is 0 Å². The topological polar surface area (TPSA) is 49.3 Å². The average Bonchev–Trinajstić information content (AvgIpc) is 2.34. The van der Waals surface area contributed by atoms with Crippen LogP contribution in [0.2, 0.25) is 0 Å². The van der Waals surface area contributed by atoms with Gasteiger partial charge in [0.05, 0.1) is 5.60 Å². The molecule has 1 aromatic rings. The summed E-state index contributed by atoms with van der Waals surface area (Å²) in [4.78, 5) is 13.1. The molecule has 19 heavy (non-hydrogen) atoms. The number of benzene rings is 1. The van der Waals surface area contributed by atoms with Gasteiger partial charge in [-0.15, -0.1) is 11.8 Å². The van der Waals surface area contributed by atoms with Crippen LogP contribution in [0.1, 0.15) is 37.6 Å². The number of hydrogen-bond donors (Lipinski definition) is 2. The Bertz CT molecular complexity index is 413. The van der Waals surface area contributed by atoms with E-state index in [0.29, 0.717) is 17.9 Å². The van der Waals surface area contributed by atoms with Crippen LogP contribution in [0.4, 0.5) is 0 Å². The van der Waals surface area contributed by atoms with Gasteiger partial charge in [0, 0.05) is 17.0 Å². The molecule has 1 amide bonds. The van der Waals surface area contributed by atoms with Gasteiger partial charge >= 0.3 is 0 Å². The quantitative estimate of drug-likeness (QED) is 0.788. The summed E-state index contributed by atoms with van der Waals surface area (Å²) < 4.78 is 0. The van der Waals surface area contributed by atoms with E-state index in [2.05, 4.69) is 19.2 Å². The van der Waals surface area contributed by atoms with Crippen molar-refractivity contribution in [1.82, 2.24) is 5.32 Å². The standard InChI is InChI=1S/C15H23NO2S/c1-11(2)9-15(3,18)10-16-14(17)12-5-7-13(19-4)8-6-12/h5-8,11,18H,9-10H2,1-4H3,(H,16,17). The third kappa shape index (κ3) is 5.66. The van der Waals surface area contributed by atoms with Crippen LogP contribution in [-0.4, -0.2) is 29.4 Å². The molecule has 0 heterocycles. The lowest BCUT2D eigenvalue weighted by Crippen LogP contribution is -2.41. The number of thioether (sulfide) groups is 1. The molecule has 0 aliphatic rings. The highest BCUT2D eigenvalue weighted by Crippen LogP contribution is 2.16. The monoisotopic (exact) mass is 281 g/mol. The van der Waals surface area contributed by atoms with E-state index in [-0.39, 0.29) is 12.5 Å². The molecule has 4 heteroatoms. The molecule has 2 N–H and O–H groups in total. The first-order chi connectivity index (χ1) is 8.84. The van der Waals surface area contributed by atoms with Gasteiger partial charge < -0.3 is 10.4 Å². The van der Waals surface area contributed by atoms with Crippen molar-refractivity contribution in [2.45, 2.75) is 37.7 Å². The van der Waals surface area contributed by atoms with Crippen LogP contribution in [0.3, 0.4) is 0 Å². The molecule has 0 saturated heterocycles. The first kappa shape index (κ1) is 16.1. The number of amides is 1. The summed E-state index contributed by atoms with van der Waals surface area (Å²) in [7, 11) is 0. The maximum atomic E-state index is 11.9. The fourth-order valence-corrected chi connectivity index (χ4v) is 2.48. The van der Waals surface area contributed by atoms with E-state index in [1.165, 1.54) is 0 Å². The molecular formula is C15H23NO2S. The van der Waals surface area contributed by atoms with Crippen molar-refractivity contribution in [3.05, 3.63) is 29.8 Å². The normalized spacial score (nSPS) is 14.2. The Kier molecular flexibility index (Phi) is 5.88. The van der Waals surface area contributed by atoms with Crippen molar-refractivity contribution in [2.75, 3.05) is 12.8 Å². The Morgan fingerprint density at radius 3 is 2.42 bits per heavy atom. The van der Waals surface area contributed by atoms with Crippen molar-refractivity contribution < 1.29 is 9.90 Å². The fraction of sp³-hybridized carbons (Fsp3) is 0.533. The lowest BCUT2D eigenvalue weighted by Gasteiger charge is -2.25. The number of aliphatic hydroxyl groups is 1. The highest BCUT2D eigenvalue weighted by molar-refractivity contribution is 7.98. The van der Waals surface area contributed by atoms with Gasteiger partial charge in [0.2, 0.25) is 0 Å². The summed E-state index contributed by atoms with van der Waals surface area (Å²) in [5.41, 5.74) is -0.235. The number of nitrogens with one attached hydrogen (secondary N) is 1. The minimum atomic E-state index is -0.858. The number of rotatable bonds is 6. The fourth-order valence-electron chi connectivity index (χ4n) is 2.07. The van der Waals surface area contributed by atoms with Gasteiger partial charge in [-0.1, -0.05) is 13.8 Å². The Morgan fingerprint density at radius 1 is 1.37 bits per heavy atom. The third-order valence-electron chi connectivity index (χ3n) is 2.83. The Hall–Kier alpha value is -1.00. The highest BCUT2D eigenvalue weighted by atomic mass is 32.2. The highest BCUT2D eigenvalue weighted by Gasteiger charge is 2.22. The third-order valence-corrected chi connectivity index (χ3v) is 3.57. The van der Waals surface area contributed by atoms with E-state index in [0.717, 1.165) is 4.90 Å². The molecule has 1 aromatic carbocycles. The maximum Gasteiger partial charge on any atom is 0.251 e. The minimum Gasteiger partial charge on any atom is -0.388 e. The summed E-state index contributed by atoms with van der Waals surface area (Å²) >= 11 is 1.64. The molecule has 106 valence electrons. The molecular weight excluding hydrogens is 258 g/mol. The van der Waals surface area contributed by atoms with Crippen LogP contribution in [0.15, 0.2) is 29.2 Å². The largest absolute Gasteiger partial charge is 0.388 e. The lowest BCUT2D eigenvalue weighted by molar-refractivity contribution is 0.0368. The second kappa shape index (κ2) is 6.96. The van der Waals surface area contributed by atoms with Crippen molar-refractivity contribution >= 4 is 17.7 Å². The molecule has 3 nitrogen and oxygen atoms in total. The number of hydrogen-bond acceptors (Lipinski definition) is 3. The molecule has 1 rings (SSSR count). The molecule has 0 bridgehead atoms. The molecule has 0 aromatic heterocycles. The number of carbonyl (C=O) groups is 1. The first-order valence-electron chi connectivity index (χ1n) is 6.49. The van der Waals surface area contributed by atoms with E-state index < -0.39 is 5.60 Å². The van der Waals surface area contributed by atoms with Gasteiger partial charge in [0.15, 0.2) is 0 Å². The summed E-state index contributed by atoms with van der Waals surface area (Å²) in [6, 6.07) is 7.45. The van der Waals surface area contributed by atoms with E-state index in [1.54, 1.807) is 30.8 Å². The van der Waals surface area contributed by atoms with Crippen LogP contribution < -0.4 is 5.32 Å². The van der Waals surface area contributed by atoms with Crippen molar-refractivity contribution in [3.63, 3.8) is 0 Å². The van der Waals surface area contributed by atoms with Crippen LogP contribution in [0.5, 0.6) is 0 Å². The Labute approximate surface area is 119 Å². The van der Waals surface area contributed by atoms with E-state index >= 15 is 0 Å². The Balaban J connectivity index is 2.55. The summed E-state index contributed by atoms with van der Waals surface area (Å²) in [6.45, 7) is 6.13. The summed E-state index contributed by atoms with van der Waals surface area (Å²) in [5.74, 6) is 0.254. The van der Waals surface area contributed by atoms with Gasteiger partial charge in [-0.25, -0.2) is 0 Å². The molecule has 1 atom stereocenters. The summed E-state index contributed by atoms with van der Waals surface area (Å²) in [6.07, 6.45) is 2.66. The van der Waals surface area contributed by atoms with Gasteiger partial charge in [-0.05, 0) is 49.8 Å². The molecule has 0 saturated carbocycles. The molecule has 0 radical (unpaired) electrons. The predicted molar refractivity (Wildman–Crippen MR) is 80.6 cm³/mol. The van der Waals surface area contributed by atoms with Gasteiger partial charge in [0.1, 0.15) is 0 Å². The maximum absolute atomic E-state index is 11.9. The predicted octanol–water partition coefficient (Wildman–Crippen LogP) is 2.94. The molecule has 0 aliphatic heterocycles. The van der Waals surface area contributed by atoms with Crippen molar-refractivity contribution in [2.24, 2.45) is 5.92 Å². The smallest absolute Gasteiger partial charge is 0.251 e.